The van der Waals surface area contributed by atoms with Crippen LogP contribution in [0.2, 0.25) is 0 Å². The van der Waals surface area contributed by atoms with Crippen LogP contribution in [0.15, 0.2) is 54.6 Å². The summed E-state index contributed by atoms with van der Waals surface area (Å²) in [6.45, 7) is 12.1. The molecule has 7 heteroatoms. The van der Waals surface area contributed by atoms with E-state index in [1.807, 2.05) is 76.2 Å². The topological polar surface area (TPSA) is 87.3 Å². The molecule has 0 aliphatic rings. The smallest absolute Gasteiger partial charge is 0.275 e. The van der Waals surface area contributed by atoms with E-state index < -0.39 is 11.6 Å². The lowest BCUT2D eigenvalue weighted by Crippen LogP contribution is -2.49. The van der Waals surface area contributed by atoms with Gasteiger partial charge in [0, 0.05) is 17.8 Å². The maximum Gasteiger partial charge on any atom is 0.275 e. The summed E-state index contributed by atoms with van der Waals surface area (Å²) in [5.74, 6) is 0.506. The fraction of sp³-hybridized carbons (Fsp3) is 0.393. The summed E-state index contributed by atoms with van der Waals surface area (Å²) < 4.78 is 5.28. The van der Waals surface area contributed by atoms with Gasteiger partial charge in [-0.15, -0.1) is 0 Å². The molecule has 7 nitrogen and oxygen atoms in total. The van der Waals surface area contributed by atoms with Crippen LogP contribution in [0.4, 0.5) is 0 Å². The average molecular weight is 477 g/mol. The zero-order chi connectivity index (χ0) is 25.8. The van der Waals surface area contributed by atoms with E-state index in [1.54, 1.807) is 18.1 Å². The largest absolute Gasteiger partial charge is 0.497 e. The van der Waals surface area contributed by atoms with Crippen molar-refractivity contribution < 1.29 is 14.3 Å². The zero-order valence-corrected chi connectivity index (χ0v) is 21.7. The van der Waals surface area contributed by atoms with Crippen LogP contribution in [0, 0.1) is 6.92 Å². The molecule has 2 amide bonds. The number of H-pyrrole nitrogens is 1. The van der Waals surface area contributed by atoms with Crippen LogP contribution in [0.5, 0.6) is 5.75 Å². The number of carbonyl (C=O) groups is 2. The maximum atomic E-state index is 13.8. The molecule has 0 radical (unpaired) electrons. The number of ether oxygens (including phenoxy) is 1. The number of aromatic amines is 1. The fourth-order valence-corrected chi connectivity index (χ4v) is 3.86. The Bertz CT molecular complexity index is 1140. The summed E-state index contributed by atoms with van der Waals surface area (Å²) in [6, 6.07) is 16.3. The van der Waals surface area contributed by atoms with Crippen molar-refractivity contribution in [3.63, 3.8) is 0 Å². The Morgan fingerprint density at radius 1 is 1.03 bits per heavy atom. The molecule has 2 aromatic carbocycles. The minimum absolute atomic E-state index is 0.225. The summed E-state index contributed by atoms with van der Waals surface area (Å²) in [7, 11) is 1.61. The van der Waals surface area contributed by atoms with Crippen LogP contribution < -0.4 is 10.1 Å². The van der Waals surface area contributed by atoms with Crippen LogP contribution in [0.3, 0.4) is 0 Å². The Morgan fingerprint density at radius 2 is 1.63 bits per heavy atom. The quantitative estimate of drug-likeness (QED) is 0.471. The summed E-state index contributed by atoms with van der Waals surface area (Å²) >= 11 is 0. The van der Waals surface area contributed by atoms with Gasteiger partial charge in [-0.3, -0.25) is 14.7 Å². The van der Waals surface area contributed by atoms with E-state index in [0.717, 1.165) is 22.6 Å². The zero-order valence-electron chi connectivity index (χ0n) is 21.7. The minimum Gasteiger partial charge on any atom is -0.497 e. The number of hydrogen-bond acceptors (Lipinski definition) is 4. The van der Waals surface area contributed by atoms with Crippen molar-refractivity contribution in [2.75, 3.05) is 7.11 Å². The molecule has 0 aliphatic carbocycles. The number of nitrogens with one attached hydrogen (secondary N) is 2. The van der Waals surface area contributed by atoms with Gasteiger partial charge in [-0.2, -0.15) is 5.10 Å². The van der Waals surface area contributed by atoms with Crippen molar-refractivity contribution in [2.24, 2.45) is 0 Å². The first-order valence-corrected chi connectivity index (χ1v) is 11.9. The van der Waals surface area contributed by atoms with Crippen molar-refractivity contribution in [1.29, 1.82) is 0 Å². The summed E-state index contributed by atoms with van der Waals surface area (Å²) in [6.07, 6.45) is 0. The van der Waals surface area contributed by atoms with E-state index in [-0.39, 0.29) is 24.1 Å². The predicted octanol–water partition coefficient (Wildman–Crippen LogP) is 5.15. The van der Waals surface area contributed by atoms with Crippen molar-refractivity contribution in [3.8, 4) is 5.75 Å². The molecule has 3 aromatic rings. The van der Waals surface area contributed by atoms with Crippen LogP contribution in [-0.2, 0) is 11.3 Å². The van der Waals surface area contributed by atoms with Crippen LogP contribution in [0.1, 0.15) is 79.5 Å². The van der Waals surface area contributed by atoms with E-state index in [2.05, 4.69) is 29.4 Å². The first-order valence-electron chi connectivity index (χ1n) is 11.9. The third kappa shape index (κ3) is 6.72. The number of nitrogens with zero attached hydrogens (tertiary/aromatic N) is 2. The van der Waals surface area contributed by atoms with Crippen molar-refractivity contribution in [1.82, 2.24) is 20.4 Å². The van der Waals surface area contributed by atoms with Crippen molar-refractivity contribution in [3.05, 3.63) is 82.7 Å². The second-order valence-corrected chi connectivity index (χ2v) is 10.2. The lowest BCUT2D eigenvalue weighted by molar-refractivity contribution is -0.127. The van der Waals surface area contributed by atoms with Crippen LogP contribution in [0.25, 0.3) is 0 Å². The molecule has 0 spiro atoms. The van der Waals surface area contributed by atoms with Gasteiger partial charge in [0.2, 0.25) is 5.91 Å². The SMILES string of the molecule is COc1ccc(CN(C(=O)c2cc(C)[nH]n2)C(C(=O)NC(C)(C)C)c2ccc(C(C)C)cc2)cc1. The van der Waals surface area contributed by atoms with Gasteiger partial charge in [0.15, 0.2) is 0 Å². The number of carbonyl (C=O) groups excluding carboxylic acids is 2. The van der Waals surface area contributed by atoms with Crippen molar-refractivity contribution >= 4 is 11.8 Å². The Labute approximate surface area is 207 Å². The molecule has 0 saturated carbocycles. The Kier molecular flexibility index (Phi) is 7.99. The van der Waals surface area contributed by atoms with Gasteiger partial charge in [0.05, 0.1) is 7.11 Å². The van der Waals surface area contributed by atoms with E-state index in [1.165, 1.54) is 5.56 Å². The lowest BCUT2D eigenvalue weighted by atomic mass is 9.96. The fourth-order valence-electron chi connectivity index (χ4n) is 3.86. The van der Waals surface area contributed by atoms with Gasteiger partial charge in [-0.1, -0.05) is 50.2 Å². The molecular weight excluding hydrogens is 440 g/mol. The molecule has 0 fully saturated rings. The second kappa shape index (κ2) is 10.8. The lowest BCUT2D eigenvalue weighted by Gasteiger charge is -2.33. The molecule has 0 bridgehead atoms. The molecule has 2 N–H and O–H groups in total. The monoisotopic (exact) mass is 476 g/mol. The third-order valence-corrected chi connectivity index (χ3v) is 5.67. The molecule has 1 heterocycles. The predicted molar refractivity (Wildman–Crippen MR) is 137 cm³/mol. The highest BCUT2D eigenvalue weighted by molar-refractivity contribution is 5.96. The first kappa shape index (κ1) is 26.0. The average Bonchev–Trinajstić information content (AvgIpc) is 3.24. The molecule has 0 saturated heterocycles. The van der Waals surface area contributed by atoms with E-state index in [0.29, 0.717) is 5.92 Å². The summed E-state index contributed by atoms with van der Waals surface area (Å²) in [5, 5.41) is 10.1. The van der Waals surface area contributed by atoms with Gasteiger partial charge in [0.1, 0.15) is 17.5 Å². The number of aromatic nitrogens is 2. The highest BCUT2D eigenvalue weighted by atomic mass is 16.5. The van der Waals surface area contributed by atoms with Gasteiger partial charge in [0.25, 0.3) is 5.91 Å². The number of rotatable bonds is 8. The molecule has 35 heavy (non-hydrogen) atoms. The van der Waals surface area contributed by atoms with Crippen molar-refractivity contribution in [2.45, 2.75) is 65.6 Å². The number of aryl methyl sites for hydroxylation is 1. The summed E-state index contributed by atoms with van der Waals surface area (Å²) in [5.41, 5.74) is 3.35. The van der Waals surface area contributed by atoms with Crippen LogP contribution >= 0.6 is 0 Å². The third-order valence-electron chi connectivity index (χ3n) is 5.67. The molecule has 1 unspecified atom stereocenters. The molecule has 1 atom stereocenters. The molecular formula is C28H36N4O3. The van der Waals surface area contributed by atoms with E-state index in [9.17, 15) is 9.59 Å². The molecule has 0 aliphatic heterocycles. The number of benzene rings is 2. The summed E-state index contributed by atoms with van der Waals surface area (Å²) in [4.78, 5) is 29.1. The second-order valence-electron chi connectivity index (χ2n) is 10.2. The van der Waals surface area contributed by atoms with E-state index in [4.69, 9.17) is 4.74 Å². The van der Waals surface area contributed by atoms with Gasteiger partial charge in [-0.05, 0) is 68.5 Å². The number of hydrogen-bond donors (Lipinski definition) is 2. The minimum atomic E-state index is -0.845. The van der Waals surface area contributed by atoms with Crippen LogP contribution in [-0.4, -0.2) is 39.6 Å². The molecule has 3 rings (SSSR count). The highest BCUT2D eigenvalue weighted by Gasteiger charge is 2.34. The Hall–Kier alpha value is -3.61. The maximum absolute atomic E-state index is 13.8. The number of amides is 2. The number of methoxy groups -OCH3 is 1. The van der Waals surface area contributed by atoms with Gasteiger partial charge >= 0.3 is 0 Å². The van der Waals surface area contributed by atoms with Gasteiger partial charge in [-0.25, -0.2) is 0 Å². The molecule has 1 aromatic heterocycles. The van der Waals surface area contributed by atoms with Gasteiger partial charge < -0.3 is 15.0 Å². The Balaban J connectivity index is 2.10. The normalized spacial score (nSPS) is 12.3. The van der Waals surface area contributed by atoms with E-state index >= 15 is 0 Å². The standard InChI is InChI=1S/C28H36N4O3/c1-18(2)21-10-12-22(13-11-21)25(26(33)29-28(4,5)6)32(27(34)24-16-19(3)30-31-24)17-20-8-14-23(35-7)15-9-20/h8-16,18,25H,17H2,1-7H3,(H,29,33)(H,30,31). The Morgan fingerprint density at radius 3 is 2.11 bits per heavy atom. The molecule has 186 valence electrons. The first-order chi connectivity index (χ1) is 16.5. The highest BCUT2D eigenvalue weighted by Crippen LogP contribution is 2.28.